The molecule has 1 unspecified atom stereocenters. The third-order valence-electron chi connectivity index (χ3n) is 2.37. The minimum atomic E-state index is -3.66. The molecule has 0 fully saturated rings. The lowest BCUT2D eigenvalue weighted by atomic mass is 10.1. The molecular weight excluding hydrogens is 321 g/mol. The maximum Gasteiger partial charge on any atom is 0.240 e. The quantitative estimate of drug-likeness (QED) is 0.811. The number of nitrogens with one attached hydrogen (secondary N) is 1. The summed E-state index contributed by atoms with van der Waals surface area (Å²) >= 11 is 3.28. The van der Waals surface area contributed by atoms with Gasteiger partial charge in [-0.05, 0) is 30.5 Å². The number of hydrogen-bond donors (Lipinski definition) is 1. The van der Waals surface area contributed by atoms with Crippen LogP contribution in [0.2, 0.25) is 0 Å². The molecule has 3 nitrogen and oxygen atoms in total. The Morgan fingerprint density at radius 3 is 2.56 bits per heavy atom. The summed E-state index contributed by atoms with van der Waals surface area (Å²) in [5.41, 5.74) is 0. The fourth-order valence-electron chi connectivity index (χ4n) is 1.63. The molecule has 0 aliphatic heterocycles. The molecule has 0 radical (unpaired) electrons. The van der Waals surface area contributed by atoms with E-state index in [2.05, 4.69) is 20.7 Å². The van der Waals surface area contributed by atoms with Crippen LogP contribution in [-0.2, 0) is 10.0 Å². The van der Waals surface area contributed by atoms with Crippen molar-refractivity contribution in [2.45, 2.75) is 31.2 Å². The summed E-state index contributed by atoms with van der Waals surface area (Å²) < 4.78 is 39.7. The van der Waals surface area contributed by atoms with Gasteiger partial charge in [-0.15, -0.1) is 0 Å². The monoisotopic (exact) mass is 337 g/mol. The van der Waals surface area contributed by atoms with E-state index in [1.807, 2.05) is 13.8 Å². The summed E-state index contributed by atoms with van der Waals surface area (Å²) in [7, 11) is -3.66. The van der Waals surface area contributed by atoms with E-state index in [-0.39, 0.29) is 10.9 Å². The number of benzene rings is 1. The van der Waals surface area contributed by atoms with Crippen LogP contribution in [0.4, 0.5) is 4.39 Å². The van der Waals surface area contributed by atoms with Crippen molar-refractivity contribution < 1.29 is 12.8 Å². The second-order valence-electron chi connectivity index (χ2n) is 4.56. The van der Waals surface area contributed by atoms with Crippen molar-refractivity contribution >= 4 is 26.0 Å². The van der Waals surface area contributed by atoms with Crippen LogP contribution < -0.4 is 4.72 Å². The van der Waals surface area contributed by atoms with E-state index in [1.54, 1.807) is 0 Å². The Labute approximate surface area is 116 Å². The Morgan fingerprint density at radius 1 is 1.39 bits per heavy atom. The molecule has 0 amide bonds. The molecule has 0 saturated heterocycles. The van der Waals surface area contributed by atoms with Crippen LogP contribution in [0, 0.1) is 11.7 Å². The van der Waals surface area contributed by atoms with E-state index in [0.717, 1.165) is 12.5 Å². The largest absolute Gasteiger partial charge is 0.240 e. The standard InChI is InChI=1S/C12H17BrFNO2S/c1-9(2)6-11(8-13)15-18(16,17)12-5-3-4-10(14)7-12/h3-5,7,9,11,15H,6,8H2,1-2H3. The second-order valence-corrected chi connectivity index (χ2v) is 6.92. The molecule has 0 heterocycles. The maximum absolute atomic E-state index is 13.0. The molecule has 6 heteroatoms. The van der Waals surface area contributed by atoms with Gasteiger partial charge in [-0.2, -0.15) is 0 Å². The number of alkyl halides is 1. The number of rotatable bonds is 6. The van der Waals surface area contributed by atoms with Gasteiger partial charge in [-0.1, -0.05) is 35.8 Å². The van der Waals surface area contributed by atoms with Crippen molar-refractivity contribution in [1.82, 2.24) is 4.72 Å². The molecule has 1 rings (SSSR count). The van der Waals surface area contributed by atoms with Crippen molar-refractivity contribution in [2.24, 2.45) is 5.92 Å². The van der Waals surface area contributed by atoms with Crippen LogP contribution in [0.5, 0.6) is 0 Å². The molecule has 1 atom stereocenters. The molecular formula is C12H17BrFNO2S. The molecule has 0 aliphatic carbocycles. The van der Waals surface area contributed by atoms with Gasteiger partial charge in [0, 0.05) is 11.4 Å². The molecule has 1 aromatic rings. The molecule has 18 heavy (non-hydrogen) atoms. The Bertz CT molecular complexity index is 491. The zero-order valence-electron chi connectivity index (χ0n) is 10.4. The number of sulfonamides is 1. The third kappa shape index (κ3) is 4.66. The molecule has 1 aromatic carbocycles. The first kappa shape index (κ1) is 15.6. The van der Waals surface area contributed by atoms with Gasteiger partial charge in [-0.3, -0.25) is 0 Å². The summed E-state index contributed by atoms with van der Waals surface area (Å²) in [5.74, 6) is -0.181. The summed E-state index contributed by atoms with van der Waals surface area (Å²) in [6, 6.07) is 4.80. The van der Waals surface area contributed by atoms with Crippen LogP contribution in [0.15, 0.2) is 29.2 Å². The highest BCUT2D eigenvalue weighted by Crippen LogP contribution is 2.14. The van der Waals surface area contributed by atoms with E-state index in [0.29, 0.717) is 11.2 Å². The van der Waals surface area contributed by atoms with Gasteiger partial charge in [0.1, 0.15) is 5.82 Å². The smallest absolute Gasteiger partial charge is 0.207 e. The van der Waals surface area contributed by atoms with E-state index < -0.39 is 15.8 Å². The molecule has 0 aromatic heterocycles. The highest BCUT2D eigenvalue weighted by molar-refractivity contribution is 9.09. The SMILES string of the molecule is CC(C)CC(CBr)NS(=O)(=O)c1cccc(F)c1. The van der Waals surface area contributed by atoms with Crippen LogP contribution in [0.3, 0.4) is 0 Å². The van der Waals surface area contributed by atoms with Gasteiger partial charge in [0.05, 0.1) is 4.90 Å². The first-order valence-electron chi connectivity index (χ1n) is 5.69. The average molecular weight is 338 g/mol. The van der Waals surface area contributed by atoms with Crippen molar-refractivity contribution in [1.29, 1.82) is 0 Å². The molecule has 0 saturated carbocycles. The minimum Gasteiger partial charge on any atom is -0.207 e. The summed E-state index contributed by atoms with van der Waals surface area (Å²) in [6.45, 7) is 4.04. The lowest BCUT2D eigenvalue weighted by molar-refractivity contribution is 0.488. The Morgan fingerprint density at radius 2 is 2.06 bits per heavy atom. The number of halogens is 2. The molecule has 0 aliphatic rings. The van der Waals surface area contributed by atoms with E-state index in [4.69, 9.17) is 0 Å². The van der Waals surface area contributed by atoms with Crippen LogP contribution in [0.1, 0.15) is 20.3 Å². The Balaban J connectivity index is 2.87. The van der Waals surface area contributed by atoms with Crippen LogP contribution in [-0.4, -0.2) is 19.8 Å². The average Bonchev–Trinajstić information content (AvgIpc) is 2.27. The predicted molar refractivity (Wildman–Crippen MR) is 73.8 cm³/mol. The number of hydrogen-bond acceptors (Lipinski definition) is 2. The molecule has 102 valence electrons. The predicted octanol–water partition coefficient (Wildman–Crippen LogP) is 2.91. The third-order valence-corrected chi connectivity index (χ3v) is 4.67. The van der Waals surface area contributed by atoms with E-state index in [9.17, 15) is 12.8 Å². The van der Waals surface area contributed by atoms with Gasteiger partial charge in [0.2, 0.25) is 10.0 Å². The summed E-state index contributed by atoms with van der Waals surface area (Å²) in [5, 5.41) is 0.528. The Hall–Kier alpha value is -0.460. The summed E-state index contributed by atoms with van der Waals surface area (Å²) in [4.78, 5) is -0.0443. The first-order chi connectivity index (χ1) is 8.35. The van der Waals surface area contributed by atoms with E-state index >= 15 is 0 Å². The highest BCUT2D eigenvalue weighted by Gasteiger charge is 2.20. The minimum absolute atomic E-state index is 0.0443. The topological polar surface area (TPSA) is 46.2 Å². The van der Waals surface area contributed by atoms with Crippen LogP contribution in [0.25, 0.3) is 0 Å². The van der Waals surface area contributed by atoms with E-state index in [1.165, 1.54) is 18.2 Å². The van der Waals surface area contributed by atoms with Gasteiger partial charge >= 0.3 is 0 Å². The zero-order valence-corrected chi connectivity index (χ0v) is 12.8. The van der Waals surface area contributed by atoms with Gasteiger partial charge in [0.15, 0.2) is 0 Å². The van der Waals surface area contributed by atoms with Crippen molar-refractivity contribution in [3.63, 3.8) is 0 Å². The van der Waals surface area contributed by atoms with Crippen LogP contribution >= 0.6 is 15.9 Å². The fraction of sp³-hybridized carbons (Fsp3) is 0.500. The molecule has 1 N–H and O–H groups in total. The lowest BCUT2D eigenvalue weighted by Gasteiger charge is -2.18. The van der Waals surface area contributed by atoms with Gasteiger partial charge in [0.25, 0.3) is 0 Å². The zero-order chi connectivity index (χ0) is 13.8. The normalized spacial score (nSPS) is 13.8. The first-order valence-corrected chi connectivity index (χ1v) is 8.29. The van der Waals surface area contributed by atoms with Gasteiger partial charge in [-0.25, -0.2) is 17.5 Å². The molecule has 0 spiro atoms. The highest BCUT2D eigenvalue weighted by atomic mass is 79.9. The Kier molecular flexibility index (Phi) is 5.75. The maximum atomic E-state index is 13.0. The molecule has 0 bridgehead atoms. The summed E-state index contributed by atoms with van der Waals surface area (Å²) in [6.07, 6.45) is 0.722. The lowest BCUT2D eigenvalue weighted by Crippen LogP contribution is -2.37. The van der Waals surface area contributed by atoms with Crippen molar-refractivity contribution in [3.05, 3.63) is 30.1 Å². The second kappa shape index (κ2) is 6.63. The van der Waals surface area contributed by atoms with Crippen molar-refractivity contribution in [2.75, 3.05) is 5.33 Å². The fourth-order valence-corrected chi connectivity index (χ4v) is 3.55. The van der Waals surface area contributed by atoms with Crippen molar-refractivity contribution in [3.8, 4) is 0 Å². The van der Waals surface area contributed by atoms with Gasteiger partial charge < -0.3 is 0 Å².